The van der Waals surface area contributed by atoms with E-state index < -0.39 is 0 Å². The third-order valence-corrected chi connectivity index (χ3v) is 6.91. The van der Waals surface area contributed by atoms with Gasteiger partial charge in [-0.25, -0.2) is 0 Å². The fourth-order valence-corrected chi connectivity index (χ4v) is 5.14. The standard InChI is InChI=1S/C31H29NO3/c1-34-25-17-13-23(14-18-25)29-27(21-9-5-3-6-10-21)31(33)28(22-11-7-4-8-12-22)30(32-29)24-15-19-26(35-2)20-16-24/h3-20,27-30,32H,1-2H3/t27-,28+,29+,30-. The van der Waals surface area contributed by atoms with Gasteiger partial charge in [0.05, 0.1) is 26.1 Å². The van der Waals surface area contributed by atoms with Gasteiger partial charge in [-0.3, -0.25) is 4.79 Å². The number of rotatable bonds is 6. The lowest BCUT2D eigenvalue weighted by Crippen LogP contribution is -2.46. The highest BCUT2D eigenvalue weighted by Gasteiger charge is 2.45. The van der Waals surface area contributed by atoms with E-state index >= 15 is 0 Å². The van der Waals surface area contributed by atoms with Crippen molar-refractivity contribution in [1.29, 1.82) is 0 Å². The highest BCUT2D eigenvalue weighted by atomic mass is 16.5. The Balaban J connectivity index is 1.64. The van der Waals surface area contributed by atoms with E-state index in [1.165, 1.54) is 0 Å². The molecule has 4 atom stereocenters. The van der Waals surface area contributed by atoms with Crippen LogP contribution in [0.4, 0.5) is 0 Å². The van der Waals surface area contributed by atoms with Crippen molar-refractivity contribution in [3.63, 3.8) is 0 Å². The third kappa shape index (κ3) is 4.58. The molecule has 0 aromatic heterocycles. The molecule has 1 aliphatic heterocycles. The molecule has 1 fully saturated rings. The molecule has 1 heterocycles. The lowest BCUT2D eigenvalue weighted by molar-refractivity contribution is -0.125. The van der Waals surface area contributed by atoms with Gasteiger partial charge in [0.15, 0.2) is 5.78 Å². The quantitative estimate of drug-likeness (QED) is 0.368. The molecule has 4 aromatic carbocycles. The molecule has 0 aliphatic carbocycles. The van der Waals surface area contributed by atoms with Crippen LogP contribution in [0.25, 0.3) is 0 Å². The molecule has 1 saturated heterocycles. The van der Waals surface area contributed by atoms with Gasteiger partial charge in [0.25, 0.3) is 0 Å². The van der Waals surface area contributed by atoms with E-state index in [4.69, 9.17) is 9.47 Å². The van der Waals surface area contributed by atoms with Crippen molar-refractivity contribution in [2.75, 3.05) is 14.2 Å². The highest BCUT2D eigenvalue weighted by molar-refractivity contribution is 5.94. The van der Waals surface area contributed by atoms with E-state index in [1.807, 2.05) is 84.9 Å². The Hall–Kier alpha value is -3.89. The summed E-state index contributed by atoms with van der Waals surface area (Å²) in [4.78, 5) is 14.5. The van der Waals surface area contributed by atoms with Crippen LogP contribution in [0.15, 0.2) is 109 Å². The van der Waals surface area contributed by atoms with Crippen molar-refractivity contribution in [3.8, 4) is 11.5 Å². The van der Waals surface area contributed by atoms with Crippen molar-refractivity contribution in [1.82, 2.24) is 5.32 Å². The van der Waals surface area contributed by atoms with E-state index in [0.717, 1.165) is 33.8 Å². The summed E-state index contributed by atoms with van der Waals surface area (Å²) in [6.07, 6.45) is 0. The summed E-state index contributed by atoms with van der Waals surface area (Å²) in [6.45, 7) is 0. The van der Waals surface area contributed by atoms with Gasteiger partial charge in [0.1, 0.15) is 11.5 Å². The van der Waals surface area contributed by atoms with E-state index in [2.05, 4.69) is 29.6 Å². The van der Waals surface area contributed by atoms with Crippen LogP contribution >= 0.6 is 0 Å². The molecule has 0 radical (unpaired) electrons. The van der Waals surface area contributed by atoms with E-state index in [9.17, 15) is 4.79 Å². The molecule has 35 heavy (non-hydrogen) atoms. The number of carbonyl (C=O) groups is 1. The molecular formula is C31H29NO3. The molecule has 1 aliphatic rings. The van der Waals surface area contributed by atoms with Crippen molar-refractivity contribution >= 4 is 5.78 Å². The molecule has 1 N–H and O–H groups in total. The van der Waals surface area contributed by atoms with Gasteiger partial charge < -0.3 is 14.8 Å². The number of carbonyl (C=O) groups excluding carboxylic acids is 1. The summed E-state index contributed by atoms with van der Waals surface area (Å²) < 4.78 is 10.8. The number of Topliss-reactive ketones (excluding diaryl/α,β-unsaturated/α-hetero) is 1. The molecule has 4 nitrogen and oxygen atoms in total. The molecule has 0 bridgehead atoms. The third-order valence-electron chi connectivity index (χ3n) is 6.91. The van der Waals surface area contributed by atoms with E-state index in [1.54, 1.807) is 14.2 Å². The Morgan fingerprint density at radius 1 is 0.514 bits per heavy atom. The zero-order valence-electron chi connectivity index (χ0n) is 19.9. The van der Waals surface area contributed by atoms with E-state index in [-0.39, 0.29) is 29.7 Å². The lowest BCUT2D eigenvalue weighted by Gasteiger charge is -2.42. The maximum absolute atomic E-state index is 14.5. The number of ketones is 1. The second kappa shape index (κ2) is 10.2. The van der Waals surface area contributed by atoms with Gasteiger partial charge in [0, 0.05) is 12.1 Å². The van der Waals surface area contributed by atoms with Crippen LogP contribution in [0.1, 0.15) is 46.2 Å². The van der Waals surface area contributed by atoms with Crippen molar-refractivity contribution in [3.05, 3.63) is 131 Å². The Morgan fingerprint density at radius 3 is 1.23 bits per heavy atom. The van der Waals surface area contributed by atoms with Gasteiger partial charge in [0.2, 0.25) is 0 Å². The summed E-state index contributed by atoms with van der Waals surface area (Å²) in [6, 6.07) is 35.8. The molecule has 0 unspecified atom stereocenters. The van der Waals surface area contributed by atoms with Crippen LogP contribution in [-0.4, -0.2) is 20.0 Å². The van der Waals surface area contributed by atoms with Crippen LogP contribution in [0.3, 0.4) is 0 Å². The molecule has 4 aromatic rings. The number of ether oxygens (including phenoxy) is 2. The number of methoxy groups -OCH3 is 2. The maximum atomic E-state index is 14.5. The smallest absolute Gasteiger partial charge is 0.151 e. The second-order valence-electron chi connectivity index (χ2n) is 8.85. The molecular weight excluding hydrogens is 434 g/mol. The van der Waals surface area contributed by atoms with Crippen LogP contribution in [0, 0.1) is 0 Å². The zero-order valence-corrected chi connectivity index (χ0v) is 19.9. The van der Waals surface area contributed by atoms with E-state index in [0.29, 0.717) is 0 Å². The first-order valence-electron chi connectivity index (χ1n) is 11.9. The fraction of sp³-hybridized carbons (Fsp3) is 0.194. The Bertz CT molecular complexity index is 1160. The van der Waals surface area contributed by atoms with Gasteiger partial charge in [-0.1, -0.05) is 84.9 Å². The van der Waals surface area contributed by atoms with Crippen LogP contribution in [0.2, 0.25) is 0 Å². The summed E-state index contributed by atoms with van der Waals surface area (Å²) in [5.41, 5.74) is 4.14. The van der Waals surface area contributed by atoms with Gasteiger partial charge in [-0.05, 0) is 46.5 Å². The maximum Gasteiger partial charge on any atom is 0.151 e. The molecule has 5 rings (SSSR count). The molecule has 176 valence electrons. The average molecular weight is 464 g/mol. The Morgan fingerprint density at radius 2 is 0.886 bits per heavy atom. The van der Waals surface area contributed by atoms with Crippen molar-refractivity contribution < 1.29 is 14.3 Å². The number of piperidine rings is 1. The highest BCUT2D eigenvalue weighted by Crippen LogP contribution is 2.47. The number of hydrogen-bond acceptors (Lipinski definition) is 4. The van der Waals surface area contributed by atoms with Gasteiger partial charge >= 0.3 is 0 Å². The largest absolute Gasteiger partial charge is 0.497 e. The van der Waals surface area contributed by atoms with Crippen LogP contribution in [-0.2, 0) is 4.79 Å². The summed E-state index contributed by atoms with van der Waals surface area (Å²) in [5, 5.41) is 3.89. The molecule has 0 spiro atoms. The number of nitrogens with one attached hydrogen (secondary N) is 1. The lowest BCUT2D eigenvalue weighted by atomic mass is 9.70. The SMILES string of the molecule is COc1ccc([C@H]2N[C@@H](c3ccc(OC)cc3)[C@@H](c3ccccc3)C(=O)[C@H]2c2ccccc2)cc1. The zero-order chi connectivity index (χ0) is 24.2. The number of hydrogen-bond donors (Lipinski definition) is 1. The average Bonchev–Trinajstić information content (AvgIpc) is 2.93. The fourth-order valence-electron chi connectivity index (χ4n) is 5.14. The minimum Gasteiger partial charge on any atom is -0.497 e. The van der Waals surface area contributed by atoms with Gasteiger partial charge in [-0.15, -0.1) is 0 Å². The molecule has 0 saturated carbocycles. The topological polar surface area (TPSA) is 47.6 Å². The Labute approximate surface area is 206 Å². The molecule has 0 amide bonds. The summed E-state index contributed by atoms with van der Waals surface area (Å²) >= 11 is 0. The first kappa shape index (κ1) is 22.9. The van der Waals surface area contributed by atoms with Crippen molar-refractivity contribution in [2.24, 2.45) is 0 Å². The minimum absolute atomic E-state index is 0.192. The van der Waals surface area contributed by atoms with Gasteiger partial charge in [-0.2, -0.15) is 0 Å². The van der Waals surface area contributed by atoms with Crippen LogP contribution < -0.4 is 14.8 Å². The normalized spacial score (nSPS) is 21.9. The second-order valence-corrected chi connectivity index (χ2v) is 8.85. The minimum atomic E-state index is -0.329. The summed E-state index contributed by atoms with van der Waals surface area (Å²) in [7, 11) is 3.32. The predicted octanol–water partition coefficient (Wildman–Crippen LogP) is 6.23. The molecule has 4 heteroatoms. The van der Waals surface area contributed by atoms with Crippen LogP contribution in [0.5, 0.6) is 11.5 Å². The Kier molecular flexibility index (Phi) is 6.64. The summed E-state index contributed by atoms with van der Waals surface area (Å²) in [5.74, 6) is 1.14. The predicted molar refractivity (Wildman–Crippen MR) is 138 cm³/mol. The number of benzene rings is 4. The first-order valence-corrected chi connectivity index (χ1v) is 11.9. The monoisotopic (exact) mass is 463 g/mol. The van der Waals surface area contributed by atoms with Crippen molar-refractivity contribution in [2.45, 2.75) is 23.9 Å². The first-order chi connectivity index (χ1) is 17.2.